The highest BCUT2D eigenvalue weighted by atomic mass is 19.3. The topological polar surface area (TPSA) is 68.9 Å². The van der Waals surface area contributed by atoms with E-state index in [9.17, 15) is 8.78 Å². The van der Waals surface area contributed by atoms with E-state index in [1.807, 2.05) is 6.07 Å². The average molecular weight is 253 g/mol. The highest BCUT2D eigenvalue weighted by Gasteiger charge is 2.19. The molecule has 2 rings (SSSR count). The summed E-state index contributed by atoms with van der Waals surface area (Å²) in [4.78, 5) is 4.27. The van der Waals surface area contributed by atoms with Gasteiger partial charge in [0.1, 0.15) is 18.0 Å². The lowest BCUT2D eigenvalue weighted by Crippen LogP contribution is -2.27. The molecule has 0 fully saturated rings. The van der Waals surface area contributed by atoms with E-state index in [4.69, 9.17) is 10.4 Å². The Labute approximate surface area is 103 Å². The van der Waals surface area contributed by atoms with Crippen LogP contribution in [0.3, 0.4) is 0 Å². The summed E-state index contributed by atoms with van der Waals surface area (Å²) in [7, 11) is 0. The fraction of sp³-hybridized carbons (Fsp3) is 0.500. The fourth-order valence-electron chi connectivity index (χ4n) is 1.98. The van der Waals surface area contributed by atoms with Gasteiger partial charge in [-0.25, -0.2) is 13.8 Å². The number of pyridine rings is 1. The van der Waals surface area contributed by atoms with E-state index in [0.29, 0.717) is 5.56 Å². The first kappa shape index (κ1) is 12.7. The molecular formula is C12H13F2N3O. The molecule has 0 amide bonds. The van der Waals surface area contributed by atoms with Crippen molar-refractivity contribution in [2.75, 3.05) is 11.9 Å². The van der Waals surface area contributed by atoms with Crippen molar-refractivity contribution in [3.05, 3.63) is 22.9 Å². The van der Waals surface area contributed by atoms with E-state index in [0.717, 1.165) is 30.5 Å². The number of nitrogens with one attached hydrogen (secondary N) is 1. The van der Waals surface area contributed by atoms with Crippen LogP contribution in [0.5, 0.6) is 0 Å². The molecule has 1 atom stereocenters. The van der Waals surface area contributed by atoms with Crippen LogP contribution in [0, 0.1) is 11.3 Å². The summed E-state index contributed by atoms with van der Waals surface area (Å²) >= 11 is 0. The predicted octanol–water partition coefficient (Wildman–Crippen LogP) is 1.48. The van der Waals surface area contributed by atoms with Crippen LogP contribution in [0.15, 0.2) is 6.07 Å². The van der Waals surface area contributed by atoms with E-state index in [1.165, 1.54) is 0 Å². The second kappa shape index (κ2) is 5.27. The van der Waals surface area contributed by atoms with E-state index in [1.54, 1.807) is 6.07 Å². The Bertz CT molecular complexity index is 485. The summed E-state index contributed by atoms with van der Waals surface area (Å²) in [6.45, 7) is -0.321. The molecule has 1 aliphatic carbocycles. The van der Waals surface area contributed by atoms with Gasteiger partial charge in [-0.1, -0.05) is 0 Å². The molecule has 0 spiro atoms. The Hall–Kier alpha value is -1.74. The molecule has 96 valence electrons. The number of aromatic nitrogens is 1. The summed E-state index contributed by atoms with van der Waals surface area (Å²) in [5, 5.41) is 20.6. The number of hydrogen-bond donors (Lipinski definition) is 2. The van der Waals surface area contributed by atoms with E-state index in [-0.39, 0.29) is 12.4 Å². The minimum Gasteiger partial charge on any atom is -0.385 e. The molecule has 1 unspecified atom stereocenters. The second-order valence-corrected chi connectivity index (χ2v) is 4.24. The van der Waals surface area contributed by atoms with Gasteiger partial charge in [0.05, 0.1) is 5.56 Å². The second-order valence-electron chi connectivity index (χ2n) is 4.24. The fourth-order valence-corrected chi connectivity index (χ4v) is 1.98. The van der Waals surface area contributed by atoms with Crippen LogP contribution in [0.25, 0.3) is 0 Å². The normalized spacial score (nSPS) is 15.3. The number of fused-ring (bicyclic) bond motifs is 1. The molecule has 1 heterocycles. The van der Waals surface area contributed by atoms with Crippen molar-refractivity contribution in [3.8, 4) is 6.07 Å². The van der Waals surface area contributed by atoms with Gasteiger partial charge in [0.2, 0.25) is 0 Å². The van der Waals surface area contributed by atoms with Crippen molar-refractivity contribution in [2.24, 2.45) is 0 Å². The van der Waals surface area contributed by atoms with Gasteiger partial charge in [0.15, 0.2) is 0 Å². The average Bonchev–Trinajstić information content (AvgIpc) is 2.81. The number of hydrogen-bond acceptors (Lipinski definition) is 4. The zero-order valence-corrected chi connectivity index (χ0v) is 9.66. The van der Waals surface area contributed by atoms with Crippen molar-refractivity contribution < 1.29 is 13.9 Å². The largest absolute Gasteiger partial charge is 0.385 e. The van der Waals surface area contributed by atoms with Crippen LogP contribution in [-0.2, 0) is 12.8 Å². The van der Waals surface area contributed by atoms with Crippen molar-refractivity contribution in [3.63, 3.8) is 0 Å². The minimum atomic E-state index is -2.81. The van der Waals surface area contributed by atoms with Crippen LogP contribution in [0.2, 0.25) is 0 Å². The molecule has 0 aliphatic heterocycles. The lowest BCUT2D eigenvalue weighted by atomic mass is 10.1. The zero-order valence-electron chi connectivity index (χ0n) is 9.66. The van der Waals surface area contributed by atoms with Gasteiger partial charge in [-0.2, -0.15) is 5.26 Å². The molecule has 6 heteroatoms. The van der Waals surface area contributed by atoms with Crippen LogP contribution < -0.4 is 5.32 Å². The maximum absolute atomic E-state index is 12.2. The lowest BCUT2D eigenvalue weighted by Gasteiger charge is -2.13. The monoisotopic (exact) mass is 253 g/mol. The molecule has 18 heavy (non-hydrogen) atoms. The van der Waals surface area contributed by atoms with Crippen LogP contribution in [0.1, 0.15) is 23.2 Å². The molecule has 0 aromatic carbocycles. The number of halogens is 2. The van der Waals surface area contributed by atoms with Crippen molar-refractivity contribution in [2.45, 2.75) is 31.8 Å². The molecule has 0 bridgehead atoms. The smallest absolute Gasteiger partial charge is 0.265 e. The highest BCUT2D eigenvalue weighted by Crippen LogP contribution is 2.24. The molecular weight excluding hydrogens is 240 g/mol. The van der Waals surface area contributed by atoms with Gasteiger partial charge in [-0.05, 0) is 30.9 Å². The summed E-state index contributed by atoms with van der Waals surface area (Å²) < 4.78 is 24.3. The van der Waals surface area contributed by atoms with E-state index >= 15 is 0 Å². The molecule has 0 saturated carbocycles. The number of anilines is 1. The Kier molecular flexibility index (Phi) is 3.72. The zero-order chi connectivity index (χ0) is 13.1. The first-order chi connectivity index (χ1) is 8.61. The highest BCUT2D eigenvalue weighted by molar-refractivity contribution is 5.55. The first-order valence-electron chi connectivity index (χ1n) is 5.75. The maximum atomic E-state index is 12.2. The Morgan fingerprint density at radius 1 is 1.50 bits per heavy atom. The third kappa shape index (κ3) is 2.57. The Morgan fingerprint density at radius 2 is 2.28 bits per heavy atom. The number of aryl methyl sites for hydroxylation is 2. The first-order valence-corrected chi connectivity index (χ1v) is 5.75. The molecule has 4 nitrogen and oxygen atoms in total. The third-order valence-electron chi connectivity index (χ3n) is 2.94. The van der Waals surface area contributed by atoms with E-state index in [2.05, 4.69) is 10.3 Å². The number of nitrogens with zero attached hydrogens (tertiary/aromatic N) is 2. The molecule has 1 aliphatic rings. The Morgan fingerprint density at radius 3 is 2.94 bits per heavy atom. The minimum absolute atomic E-state index is 0.276. The molecule has 0 radical (unpaired) electrons. The van der Waals surface area contributed by atoms with Gasteiger partial charge in [-0.3, -0.25) is 0 Å². The van der Waals surface area contributed by atoms with E-state index < -0.39 is 12.5 Å². The van der Waals surface area contributed by atoms with Crippen LogP contribution in [-0.4, -0.2) is 29.2 Å². The van der Waals surface area contributed by atoms with Crippen molar-refractivity contribution in [1.29, 1.82) is 5.26 Å². The number of aliphatic hydroxyl groups is 1. The van der Waals surface area contributed by atoms with Crippen LogP contribution >= 0.6 is 0 Å². The lowest BCUT2D eigenvalue weighted by molar-refractivity contribution is 0.00380. The summed E-state index contributed by atoms with van der Waals surface area (Å²) in [5.74, 6) is 0.276. The Balaban J connectivity index is 2.15. The number of aliphatic hydroxyl groups excluding tert-OH is 1. The van der Waals surface area contributed by atoms with Crippen molar-refractivity contribution >= 4 is 5.82 Å². The quantitative estimate of drug-likeness (QED) is 0.852. The van der Waals surface area contributed by atoms with Gasteiger partial charge < -0.3 is 10.4 Å². The van der Waals surface area contributed by atoms with Gasteiger partial charge in [0.25, 0.3) is 6.43 Å². The summed E-state index contributed by atoms with van der Waals surface area (Å²) in [6.07, 6.45) is -1.83. The summed E-state index contributed by atoms with van der Waals surface area (Å²) in [5.41, 5.74) is 2.28. The maximum Gasteiger partial charge on any atom is 0.265 e. The molecule has 1 aromatic rings. The number of rotatable bonds is 4. The van der Waals surface area contributed by atoms with Gasteiger partial charge >= 0.3 is 0 Å². The van der Waals surface area contributed by atoms with Gasteiger partial charge in [0, 0.05) is 12.2 Å². The number of nitriles is 1. The molecule has 2 N–H and O–H groups in total. The molecule has 1 aromatic heterocycles. The van der Waals surface area contributed by atoms with Gasteiger partial charge in [-0.15, -0.1) is 0 Å². The SMILES string of the molecule is N#Cc1cc2c(nc1NCC(O)C(F)F)CCC2. The standard InChI is InChI=1S/C12H13F2N3O/c13-11(14)10(18)6-16-12-8(5-15)4-7-2-1-3-9(7)17-12/h4,10-11,18H,1-3,6H2,(H,16,17). The summed E-state index contributed by atoms with van der Waals surface area (Å²) in [6, 6.07) is 3.73. The predicted molar refractivity (Wildman–Crippen MR) is 61.5 cm³/mol. The molecule has 0 saturated heterocycles. The number of alkyl halides is 2. The third-order valence-corrected chi connectivity index (χ3v) is 2.94. The van der Waals surface area contributed by atoms with Crippen molar-refractivity contribution in [1.82, 2.24) is 4.98 Å². The van der Waals surface area contributed by atoms with Crippen LogP contribution in [0.4, 0.5) is 14.6 Å².